The second-order valence-corrected chi connectivity index (χ2v) is 5.15. The van der Waals surface area contributed by atoms with Crippen LogP contribution < -0.4 is 10.2 Å². The predicted octanol–water partition coefficient (Wildman–Crippen LogP) is 2.97. The third-order valence-electron chi connectivity index (χ3n) is 3.03. The Morgan fingerprint density at radius 2 is 1.95 bits per heavy atom. The van der Waals surface area contributed by atoms with E-state index in [2.05, 4.69) is 48.1 Å². The summed E-state index contributed by atoms with van der Waals surface area (Å²) >= 11 is 0. The molecule has 0 bridgehead atoms. The molecule has 0 spiro atoms. The molecule has 0 fully saturated rings. The Morgan fingerprint density at radius 1 is 1.16 bits per heavy atom. The van der Waals surface area contributed by atoms with Crippen molar-refractivity contribution in [2.75, 3.05) is 18.0 Å². The fourth-order valence-electron chi connectivity index (χ4n) is 1.91. The maximum Gasteiger partial charge on any atom is 0.318 e. The number of hydrogen-bond donors (Lipinski definition) is 1. The molecule has 0 saturated carbocycles. The van der Waals surface area contributed by atoms with E-state index in [9.17, 15) is 0 Å². The van der Waals surface area contributed by atoms with Crippen molar-refractivity contribution < 1.29 is 4.42 Å². The van der Waals surface area contributed by atoms with Gasteiger partial charge in [-0.3, -0.25) is 0 Å². The van der Waals surface area contributed by atoms with E-state index < -0.39 is 0 Å². The van der Waals surface area contributed by atoms with Crippen LogP contribution >= 0.6 is 0 Å². The van der Waals surface area contributed by atoms with E-state index >= 15 is 0 Å². The summed E-state index contributed by atoms with van der Waals surface area (Å²) in [5.41, 5.74) is 0. The summed E-state index contributed by atoms with van der Waals surface area (Å²) in [6, 6.07) is 1.04. The monoisotopic (exact) mass is 268 g/mol. The highest BCUT2D eigenvalue weighted by Gasteiger charge is 2.16. The Labute approximate surface area is 116 Å². The van der Waals surface area contributed by atoms with Gasteiger partial charge in [0.15, 0.2) is 0 Å². The molecule has 0 amide bonds. The van der Waals surface area contributed by atoms with Crippen molar-refractivity contribution in [3.63, 3.8) is 0 Å². The largest absolute Gasteiger partial charge is 0.407 e. The van der Waals surface area contributed by atoms with Gasteiger partial charge < -0.3 is 14.6 Å². The van der Waals surface area contributed by atoms with E-state index in [1.807, 2.05) is 0 Å². The zero-order valence-corrected chi connectivity index (χ0v) is 12.8. The van der Waals surface area contributed by atoms with Crippen LogP contribution in [0.1, 0.15) is 59.3 Å². The molecule has 0 aromatic carbocycles. The minimum absolute atomic E-state index is 0.383. The van der Waals surface area contributed by atoms with Gasteiger partial charge in [0, 0.05) is 12.6 Å². The molecule has 0 aliphatic carbocycles. The van der Waals surface area contributed by atoms with Crippen LogP contribution in [0.5, 0.6) is 0 Å². The molecule has 0 aliphatic heterocycles. The van der Waals surface area contributed by atoms with Crippen LogP contribution in [-0.4, -0.2) is 29.3 Å². The van der Waals surface area contributed by atoms with Gasteiger partial charge in [0.1, 0.15) is 0 Å². The van der Waals surface area contributed by atoms with Crippen LogP contribution in [0.3, 0.4) is 0 Å². The summed E-state index contributed by atoms with van der Waals surface area (Å²) in [5.74, 6) is 0.671. The number of unbranched alkanes of at least 4 members (excludes halogenated alkanes) is 2. The van der Waals surface area contributed by atoms with E-state index in [-0.39, 0.29) is 0 Å². The molecule has 0 saturated heterocycles. The number of nitrogens with one attached hydrogen (secondary N) is 1. The molecule has 0 unspecified atom stereocenters. The lowest BCUT2D eigenvalue weighted by Crippen LogP contribution is -2.32. The molecule has 1 aromatic rings. The van der Waals surface area contributed by atoms with Crippen molar-refractivity contribution >= 4 is 6.01 Å². The first-order valence-corrected chi connectivity index (χ1v) is 7.48. The molecule has 5 heteroatoms. The van der Waals surface area contributed by atoms with E-state index in [0.29, 0.717) is 24.5 Å². The quantitative estimate of drug-likeness (QED) is 0.661. The fourth-order valence-corrected chi connectivity index (χ4v) is 1.91. The zero-order chi connectivity index (χ0) is 14.1. The van der Waals surface area contributed by atoms with Crippen LogP contribution in [0, 0.1) is 0 Å². The lowest BCUT2D eigenvalue weighted by Gasteiger charge is -2.24. The van der Waals surface area contributed by atoms with Gasteiger partial charge >= 0.3 is 6.01 Å². The SMILES string of the molecule is CCCCCN(c1nnc(CNCCC)o1)C(C)C. The Morgan fingerprint density at radius 3 is 2.58 bits per heavy atom. The zero-order valence-electron chi connectivity index (χ0n) is 12.8. The van der Waals surface area contributed by atoms with Crippen molar-refractivity contribution in [2.45, 2.75) is 66.0 Å². The molecule has 1 rings (SSSR count). The molecule has 1 heterocycles. The highest BCUT2D eigenvalue weighted by Crippen LogP contribution is 2.16. The smallest absolute Gasteiger partial charge is 0.318 e. The van der Waals surface area contributed by atoms with Gasteiger partial charge in [-0.1, -0.05) is 31.8 Å². The van der Waals surface area contributed by atoms with Gasteiger partial charge in [-0.25, -0.2) is 0 Å². The lowest BCUT2D eigenvalue weighted by molar-refractivity contribution is 0.449. The van der Waals surface area contributed by atoms with Crippen molar-refractivity contribution in [3.8, 4) is 0 Å². The number of rotatable bonds is 10. The van der Waals surface area contributed by atoms with Crippen molar-refractivity contribution in [1.29, 1.82) is 0 Å². The van der Waals surface area contributed by atoms with Crippen molar-refractivity contribution in [3.05, 3.63) is 5.89 Å². The van der Waals surface area contributed by atoms with Gasteiger partial charge in [0.25, 0.3) is 0 Å². The summed E-state index contributed by atoms with van der Waals surface area (Å²) in [6.07, 6.45) is 4.74. The van der Waals surface area contributed by atoms with E-state index in [4.69, 9.17) is 4.42 Å². The molecule has 0 radical (unpaired) electrons. The van der Waals surface area contributed by atoms with Crippen LogP contribution in [0.2, 0.25) is 0 Å². The number of hydrogen-bond acceptors (Lipinski definition) is 5. The highest BCUT2D eigenvalue weighted by atomic mass is 16.4. The van der Waals surface area contributed by atoms with Gasteiger partial charge in [-0.15, -0.1) is 5.10 Å². The van der Waals surface area contributed by atoms with E-state index in [1.165, 1.54) is 19.3 Å². The first kappa shape index (κ1) is 16.0. The van der Waals surface area contributed by atoms with Crippen molar-refractivity contribution in [1.82, 2.24) is 15.5 Å². The molecule has 1 N–H and O–H groups in total. The molecule has 5 nitrogen and oxygen atoms in total. The predicted molar refractivity (Wildman–Crippen MR) is 78.3 cm³/mol. The van der Waals surface area contributed by atoms with Crippen LogP contribution in [0.4, 0.5) is 6.01 Å². The summed E-state index contributed by atoms with van der Waals surface area (Å²) in [7, 11) is 0. The molecular formula is C14H28N4O. The molecule has 1 aromatic heterocycles. The second-order valence-electron chi connectivity index (χ2n) is 5.15. The number of aromatic nitrogens is 2. The Balaban J connectivity index is 2.53. The highest BCUT2D eigenvalue weighted by molar-refractivity contribution is 5.25. The molecule has 110 valence electrons. The van der Waals surface area contributed by atoms with E-state index in [1.54, 1.807) is 0 Å². The molecule has 0 atom stereocenters. The first-order valence-electron chi connectivity index (χ1n) is 7.48. The summed E-state index contributed by atoms with van der Waals surface area (Å²) in [5, 5.41) is 11.5. The minimum atomic E-state index is 0.383. The van der Waals surface area contributed by atoms with Crippen LogP contribution in [0.25, 0.3) is 0 Å². The second kappa shape index (κ2) is 8.91. The van der Waals surface area contributed by atoms with Crippen LogP contribution in [-0.2, 0) is 6.54 Å². The lowest BCUT2D eigenvalue weighted by atomic mass is 10.2. The summed E-state index contributed by atoms with van der Waals surface area (Å²) in [4.78, 5) is 2.19. The average molecular weight is 268 g/mol. The first-order chi connectivity index (χ1) is 9.19. The van der Waals surface area contributed by atoms with E-state index in [0.717, 1.165) is 19.5 Å². The standard InChI is InChI=1S/C14H28N4O/c1-5-7-8-10-18(12(3)4)14-17-16-13(19-14)11-15-9-6-2/h12,15H,5-11H2,1-4H3. The number of nitrogens with zero attached hydrogens (tertiary/aromatic N) is 3. The Hall–Kier alpha value is -1.10. The Kier molecular flexibility index (Phi) is 7.48. The van der Waals surface area contributed by atoms with Crippen LogP contribution in [0.15, 0.2) is 4.42 Å². The number of anilines is 1. The van der Waals surface area contributed by atoms with Gasteiger partial charge in [-0.2, -0.15) is 0 Å². The minimum Gasteiger partial charge on any atom is -0.407 e. The molecule has 19 heavy (non-hydrogen) atoms. The fraction of sp³-hybridized carbons (Fsp3) is 0.857. The maximum absolute atomic E-state index is 5.73. The topological polar surface area (TPSA) is 54.2 Å². The normalized spacial score (nSPS) is 11.2. The van der Waals surface area contributed by atoms with Crippen molar-refractivity contribution in [2.24, 2.45) is 0 Å². The molecule has 0 aliphatic rings. The van der Waals surface area contributed by atoms with Gasteiger partial charge in [0.05, 0.1) is 6.54 Å². The summed E-state index contributed by atoms with van der Waals surface area (Å²) in [6.45, 7) is 11.3. The Bertz CT molecular complexity index is 338. The van der Waals surface area contributed by atoms with Gasteiger partial charge in [0.2, 0.25) is 5.89 Å². The average Bonchev–Trinajstić information content (AvgIpc) is 2.83. The third kappa shape index (κ3) is 5.59. The molecular weight excluding hydrogens is 240 g/mol. The third-order valence-corrected chi connectivity index (χ3v) is 3.03. The van der Waals surface area contributed by atoms with Gasteiger partial charge in [-0.05, 0) is 33.2 Å². The maximum atomic E-state index is 5.73. The summed E-state index contributed by atoms with van der Waals surface area (Å²) < 4.78 is 5.73.